The van der Waals surface area contributed by atoms with Crippen molar-refractivity contribution >= 4 is 11.8 Å². The number of aryl methyl sites for hydroxylation is 1. The number of piperazine rings is 1. The Kier molecular flexibility index (Phi) is 3.48. The van der Waals surface area contributed by atoms with Crippen LogP contribution in [-0.4, -0.2) is 58.2 Å². The van der Waals surface area contributed by atoms with Gasteiger partial charge in [-0.2, -0.15) is 0 Å². The maximum atomic E-state index is 8.52. The second-order valence-electron chi connectivity index (χ2n) is 4.19. The van der Waals surface area contributed by atoms with Crippen LogP contribution in [0.2, 0.25) is 0 Å². The van der Waals surface area contributed by atoms with Crippen LogP contribution in [0.1, 0.15) is 0 Å². The fourth-order valence-corrected chi connectivity index (χ4v) is 2.03. The van der Waals surface area contributed by atoms with Crippen LogP contribution in [0.25, 0.3) is 0 Å². The van der Waals surface area contributed by atoms with Crippen molar-refractivity contribution < 1.29 is 5.21 Å². The lowest BCUT2D eigenvalue weighted by atomic mass is 10.3. The molecule has 1 aromatic heterocycles. The molecule has 94 valence electrons. The highest BCUT2D eigenvalue weighted by molar-refractivity contribution is 5.81. The summed E-state index contributed by atoms with van der Waals surface area (Å²) in [7, 11) is 1.99. The van der Waals surface area contributed by atoms with Gasteiger partial charge in [-0.05, 0) is 0 Å². The molecule has 0 amide bonds. The van der Waals surface area contributed by atoms with Crippen molar-refractivity contribution in [2.45, 2.75) is 0 Å². The van der Waals surface area contributed by atoms with Gasteiger partial charge in [0.2, 0.25) is 5.95 Å². The Morgan fingerprint density at radius 1 is 1.47 bits per heavy atom. The molecular formula is C10H18N6O. The number of imidazole rings is 1. The molecule has 2 heterocycles. The lowest BCUT2D eigenvalue weighted by Gasteiger charge is -2.34. The first-order chi connectivity index (χ1) is 8.20. The van der Waals surface area contributed by atoms with E-state index in [0.29, 0.717) is 6.54 Å². The smallest absolute Gasteiger partial charge is 0.205 e. The Bertz CT molecular complexity index is 393. The third-order valence-corrected chi connectivity index (χ3v) is 2.96. The van der Waals surface area contributed by atoms with E-state index in [9.17, 15) is 0 Å². The van der Waals surface area contributed by atoms with Crippen molar-refractivity contribution in [3.63, 3.8) is 0 Å². The number of anilines is 1. The summed E-state index contributed by atoms with van der Waals surface area (Å²) in [6, 6.07) is 0. The molecule has 17 heavy (non-hydrogen) atoms. The molecular weight excluding hydrogens is 220 g/mol. The van der Waals surface area contributed by atoms with Gasteiger partial charge in [0.15, 0.2) is 5.84 Å². The maximum absolute atomic E-state index is 8.52. The zero-order valence-corrected chi connectivity index (χ0v) is 9.95. The summed E-state index contributed by atoms with van der Waals surface area (Å²) in [5.74, 6) is 1.25. The van der Waals surface area contributed by atoms with E-state index in [4.69, 9.17) is 10.9 Å². The number of nitrogens with two attached hydrogens (primary N) is 1. The summed E-state index contributed by atoms with van der Waals surface area (Å²) in [5, 5.41) is 11.5. The lowest BCUT2D eigenvalue weighted by Crippen LogP contribution is -2.49. The van der Waals surface area contributed by atoms with E-state index in [1.54, 1.807) is 6.20 Å². The summed E-state index contributed by atoms with van der Waals surface area (Å²) in [4.78, 5) is 8.72. The molecule has 0 bridgehead atoms. The van der Waals surface area contributed by atoms with Crippen molar-refractivity contribution in [3.8, 4) is 0 Å². The Balaban J connectivity index is 1.88. The summed E-state index contributed by atoms with van der Waals surface area (Å²) in [5.41, 5.74) is 5.49. The molecule has 1 aromatic rings. The fourth-order valence-electron chi connectivity index (χ4n) is 2.03. The number of amidine groups is 1. The Hall–Kier alpha value is -1.76. The van der Waals surface area contributed by atoms with Gasteiger partial charge in [0.25, 0.3) is 0 Å². The normalized spacial score (nSPS) is 18.6. The minimum absolute atomic E-state index is 0.260. The molecule has 2 rings (SSSR count). The van der Waals surface area contributed by atoms with Gasteiger partial charge >= 0.3 is 0 Å². The van der Waals surface area contributed by atoms with E-state index in [1.807, 2.05) is 17.8 Å². The summed E-state index contributed by atoms with van der Waals surface area (Å²) in [6.45, 7) is 4.12. The molecule has 0 spiro atoms. The average molecular weight is 238 g/mol. The number of oxime groups is 1. The maximum Gasteiger partial charge on any atom is 0.205 e. The molecule has 0 aliphatic carbocycles. The van der Waals surface area contributed by atoms with Gasteiger partial charge in [0.05, 0.1) is 6.54 Å². The van der Waals surface area contributed by atoms with Crippen molar-refractivity contribution in [1.82, 2.24) is 14.5 Å². The number of hydrogen-bond acceptors (Lipinski definition) is 5. The van der Waals surface area contributed by atoms with Crippen molar-refractivity contribution in [2.24, 2.45) is 17.9 Å². The van der Waals surface area contributed by atoms with E-state index in [1.165, 1.54) is 0 Å². The Labute approximate surface area is 100 Å². The van der Waals surface area contributed by atoms with Gasteiger partial charge in [-0.15, -0.1) is 0 Å². The van der Waals surface area contributed by atoms with Crippen LogP contribution in [-0.2, 0) is 7.05 Å². The number of nitrogens with zero attached hydrogens (tertiary/aromatic N) is 5. The molecule has 7 nitrogen and oxygen atoms in total. The standard InChI is InChI=1S/C10H18N6O/c1-14-3-2-12-10(14)16-6-4-15(5-7-16)8-9(11)13-17/h2-3,17H,4-8H2,1H3,(H2,11,13). The predicted octanol–water partition coefficient (Wildman–Crippen LogP) is -0.711. The van der Waals surface area contributed by atoms with Gasteiger partial charge < -0.3 is 20.4 Å². The Morgan fingerprint density at radius 2 is 2.18 bits per heavy atom. The zero-order valence-electron chi connectivity index (χ0n) is 9.95. The average Bonchev–Trinajstić information content (AvgIpc) is 2.76. The van der Waals surface area contributed by atoms with Crippen LogP contribution in [0.5, 0.6) is 0 Å². The molecule has 0 aromatic carbocycles. The van der Waals surface area contributed by atoms with E-state index in [2.05, 4.69) is 19.9 Å². The largest absolute Gasteiger partial charge is 0.409 e. The Morgan fingerprint density at radius 3 is 2.71 bits per heavy atom. The number of rotatable bonds is 3. The fraction of sp³-hybridized carbons (Fsp3) is 0.600. The van der Waals surface area contributed by atoms with Crippen molar-refractivity contribution in [3.05, 3.63) is 12.4 Å². The van der Waals surface area contributed by atoms with E-state index in [-0.39, 0.29) is 5.84 Å². The van der Waals surface area contributed by atoms with Gasteiger partial charge in [-0.1, -0.05) is 5.16 Å². The first kappa shape index (κ1) is 11.7. The van der Waals surface area contributed by atoms with Crippen LogP contribution in [0.3, 0.4) is 0 Å². The highest BCUT2D eigenvalue weighted by Gasteiger charge is 2.19. The molecule has 1 aliphatic rings. The molecule has 3 N–H and O–H groups in total. The lowest BCUT2D eigenvalue weighted by molar-refractivity contribution is 0.277. The third-order valence-electron chi connectivity index (χ3n) is 2.96. The van der Waals surface area contributed by atoms with Crippen LogP contribution in [0.15, 0.2) is 17.5 Å². The summed E-state index contributed by atoms with van der Waals surface area (Å²) in [6.07, 6.45) is 3.75. The van der Waals surface area contributed by atoms with Gasteiger partial charge in [-0.3, -0.25) is 4.90 Å². The first-order valence-electron chi connectivity index (χ1n) is 5.61. The zero-order chi connectivity index (χ0) is 12.3. The van der Waals surface area contributed by atoms with Crippen molar-refractivity contribution in [2.75, 3.05) is 37.6 Å². The second-order valence-corrected chi connectivity index (χ2v) is 4.19. The summed E-state index contributed by atoms with van der Waals surface area (Å²) >= 11 is 0. The first-order valence-corrected chi connectivity index (χ1v) is 5.61. The highest BCUT2D eigenvalue weighted by atomic mass is 16.4. The SMILES string of the molecule is Cn1ccnc1N1CCN(CC(N)=NO)CC1. The molecule has 0 unspecified atom stereocenters. The van der Waals surface area contributed by atoms with E-state index in [0.717, 1.165) is 32.1 Å². The molecule has 1 saturated heterocycles. The molecule has 0 saturated carbocycles. The second kappa shape index (κ2) is 5.05. The number of aromatic nitrogens is 2. The minimum Gasteiger partial charge on any atom is -0.409 e. The highest BCUT2D eigenvalue weighted by Crippen LogP contribution is 2.12. The van der Waals surface area contributed by atoms with Gasteiger partial charge in [-0.25, -0.2) is 4.98 Å². The molecule has 1 aliphatic heterocycles. The number of hydrogen-bond donors (Lipinski definition) is 2. The molecule has 0 radical (unpaired) electrons. The molecule has 0 atom stereocenters. The van der Waals surface area contributed by atoms with Crippen LogP contribution in [0.4, 0.5) is 5.95 Å². The van der Waals surface area contributed by atoms with E-state index < -0.39 is 0 Å². The van der Waals surface area contributed by atoms with Crippen LogP contribution >= 0.6 is 0 Å². The predicted molar refractivity (Wildman–Crippen MR) is 65.3 cm³/mol. The summed E-state index contributed by atoms with van der Waals surface area (Å²) < 4.78 is 2.01. The van der Waals surface area contributed by atoms with E-state index >= 15 is 0 Å². The monoisotopic (exact) mass is 238 g/mol. The minimum atomic E-state index is 0.260. The van der Waals surface area contributed by atoms with Crippen LogP contribution < -0.4 is 10.6 Å². The van der Waals surface area contributed by atoms with Crippen LogP contribution in [0, 0.1) is 0 Å². The third kappa shape index (κ3) is 2.68. The quantitative estimate of drug-likeness (QED) is 0.314. The van der Waals surface area contributed by atoms with Crippen molar-refractivity contribution in [1.29, 1.82) is 0 Å². The van der Waals surface area contributed by atoms with Gasteiger partial charge in [0.1, 0.15) is 0 Å². The molecule has 7 heteroatoms. The molecule has 1 fully saturated rings. The topological polar surface area (TPSA) is 82.9 Å². The van der Waals surface area contributed by atoms with Gasteiger partial charge in [0, 0.05) is 45.6 Å².